The van der Waals surface area contributed by atoms with Crippen molar-refractivity contribution in [3.8, 4) is 24.0 Å². The van der Waals surface area contributed by atoms with Gasteiger partial charge >= 0.3 is 0 Å². The molecule has 0 aromatic rings. The highest BCUT2D eigenvalue weighted by atomic mass is 14.2. The van der Waals surface area contributed by atoms with Crippen LogP contribution < -0.4 is 0 Å². The van der Waals surface area contributed by atoms with E-state index in [1.54, 1.807) is 0 Å². The molecule has 0 aromatic heterocycles. The van der Waals surface area contributed by atoms with E-state index in [2.05, 4.69) is 30.6 Å². The van der Waals surface area contributed by atoms with Crippen LogP contribution in [-0.2, 0) is 0 Å². The number of hydrogen-bond donors (Lipinski definition) is 0. The molecule has 72 valence electrons. The van der Waals surface area contributed by atoms with Gasteiger partial charge in [0.2, 0.25) is 0 Å². The number of hydrogen-bond acceptors (Lipinski definition) is 2. The van der Waals surface area contributed by atoms with E-state index in [1.807, 2.05) is 0 Å². The summed E-state index contributed by atoms with van der Waals surface area (Å²) in [6.45, 7) is 3.80. The van der Waals surface area contributed by atoms with Gasteiger partial charge in [-0.3, -0.25) is 0 Å². The van der Waals surface area contributed by atoms with Gasteiger partial charge in [0.15, 0.2) is 0 Å². The van der Waals surface area contributed by atoms with E-state index in [0.29, 0.717) is 12.8 Å². The van der Waals surface area contributed by atoms with E-state index in [4.69, 9.17) is 10.5 Å². The summed E-state index contributed by atoms with van der Waals surface area (Å²) < 4.78 is 0. The number of nitriles is 2. The summed E-state index contributed by atoms with van der Waals surface area (Å²) in [5, 5.41) is 16.6. The second-order valence-electron chi connectivity index (χ2n) is 2.93. The second-order valence-corrected chi connectivity index (χ2v) is 2.93. The van der Waals surface area contributed by atoms with Gasteiger partial charge in [0.1, 0.15) is 0 Å². The van der Waals surface area contributed by atoms with Crippen LogP contribution in [0.4, 0.5) is 0 Å². The average Bonchev–Trinajstić information content (AvgIpc) is 2.18. The zero-order chi connectivity index (χ0) is 10.6. The molecule has 0 atom stereocenters. The monoisotopic (exact) mass is 186 g/mol. The molecular weight excluding hydrogens is 172 g/mol. The second kappa shape index (κ2) is 9.37. The highest BCUT2D eigenvalue weighted by Gasteiger charge is 1.89. The van der Waals surface area contributed by atoms with Gasteiger partial charge in [-0.1, -0.05) is 18.4 Å². The zero-order valence-electron chi connectivity index (χ0n) is 8.34. The van der Waals surface area contributed by atoms with Crippen LogP contribution in [0.2, 0.25) is 0 Å². The molecule has 0 N–H and O–H groups in total. The lowest BCUT2D eigenvalue weighted by Gasteiger charge is -1.92. The van der Waals surface area contributed by atoms with Crippen LogP contribution in [0.1, 0.15) is 38.5 Å². The maximum atomic E-state index is 8.31. The minimum absolute atomic E-state index is 0.565. The Morgan fingerprint density at radius 3 is 2.29 bits per heavy atom. The van der Waals surface area contributed by atoms with Crippen molar-refractivity contribution in [3.05, 3.63) is 12.2 Å². The van der Waals surface area contributed by atoms with E-state index < -0.39 is 0 Å². The Morgan fingerprint density at radius 2 is 1.64 bits per heavy atom. The zero-order valence-corrected chi connectivity index (χ0v) is 8.34. The number of rotatable bonds is 5. The largest absolute Gasteiger partial charge is 0.198 e. The summed E-state index contributed by atoms with van der Waals surface area (Å²) in [5.74, 6) is 5.90. The van der Waals surface area contributed by atoms with E-state index in [9.17, 15) is 0 Å². The molecule has 0 spiro atoms. The van der Waals surface area contributed by atoms with E-state index >= 15 is 0 Å². The van der Waals surface area contributed by atoms with Crippen LogP contribution in [0.15, 0.2) is 12.2 Å². The van der Waals surface area contributed by atoms with Crippen molar-refractivity contribution < 1.29 is 0 Å². The van der Waals surface area contributed by atoms with Gasteiger partial charge in [-0.2, -0.15) is 10.5 Å². The summed E-state index contributed by atoms with van der Waals surface area (Å²) in [6.07, 6.45) is 4.35. The Bertz CT molecular complexity index is 304. The molecule has 2 heteroatoms. The van der Waals surface area contributed by atoms with Crippen LogP contribution in [-0.4, -0.2) is 0 Å². The van der Waals surface area contributed by atoms with Crippen molar-refractivity contribution in [2.45, 2.75) is 38.5 Å². The molecule has 0 aromatic carbocycles. The molecule has 14 heavy (non-hydrogen) atoms. The van der Waals surface area contributed by atoms with Crippen LogP contribution in [0.3, 0.4) is 0 Å². The maximum Gasteiger partial charge on any atom is 0.0622 e. The summed E-state index contributed by atoms with van der Waals surface area (Å²) in [4.78, 5) is 0. The van der Waals surface area contributed by atoms with Crippen molar-refractivity contribution in [2.75, 3.05) is 0 Å². The number of allylic oxidation sites excluding steroid dienone is 1. The first-order chi connectivity index (χ1) is 6.81. The first kappa shape index (κ1) is 12.3. The molecule has 0 rings (SSSR count). The average molecular weight is 186 g/mol. The molecule has 0 aliphatic heterocycles. The first-order valence-electron chi connectivity index (χ1n) is 4.71. The molecule has 0 unspecified atom stereocenters. The lowest BCUT2D eigenvalue weighted by molar-refractivity contribution is 0.858. The molecule has 0 saturated carbocycles. The minimum Gasteiger partial charge on any atom is -0.198 e. The van der Waals surface area contributed by atoms with Gasteiger partial charge < -0.3 is 0 Å². The fourth-order valence-corrected chi connectivity index (χ4v) is 0.887. The molecule has 0 aliphatic rings. The lowest BCUT2D eigenvalue weighted by Crippen LogP contribution is -1.78. The Labute approximate surface area is 85.8 Å². The Kier molecular flexibility index (Phi) is 8.22. The summed E-state index contributed by atoms with van der Waals surface area (Å²) in [5.41, 5.74) is 0.886. The molecular formula is C12H14N2. The van der Waals surface area contributed by atoms with Crippen molar-refractivity contribution >= 4 is 0 Å². The van der Waals surface area contributed by atoms with Gasteiger partial charge in [0.05, 0.1) is 12.1 Å². The van der Waals surface area contributed by atoms with Gasteiger partial charge in [0.25, 0.3) is 0 Å². The quantitative estimate of drug-likeness (QED) is 0.489. The molecule has 0 fully saturated rings. The van der Waals surface area contributed by atoms with Crippen LogP contribution in [0.25, 0.3) is 0 Å². The minimum atomic E-state index is 0.565. The van der Waals surface area contributed by atoms with Crippen LogP contribution >= 0.6 is 0 Å². The predicted molar refractivity (Wildman–Crippen MR) is 55.8 cm³/mol. The Morgan fingerprint density at radius 1 is 1.00 bits per heavy atom. The normalized spacial score (nSPS) is 7.86. The van der Waals surface area contributed by atoms with E-state index in [0.717, 1.165) is 31.3 Å². The molecule has 0 heterocycles. The van der Waals surface area contributed by atoms with Crippen molar-refractivity contribution in [3.63, 3.8) is 0 Å². The van der Waals surface area contributed by atoms with E-state index in [-0.39, 0.29) is 0 Å². The molecule has 0 amide bonds. The third kappa shape index (κ3) is 8.38. The smallest absolute Gasteiger partial charge is 0.0622 e. The van der Waals surface area contributed by atoms with Gasteiger partial charge in [-0.05, 0) is 24.8 Å². The van der Waals surface area contributed by atoms with Crippen molar-refractivity contribution in [1.29, 1.82) is 10.5 Å². The predicted octanol–water partition coefficient (Wildman–Crippen LogP) is 2.93. The Hall–Kier alpha value is -1.72. The van der Waals surface area contributed by atoms with Crippen LogP contribution in [0, 0.1) is 34.5 Å². The highest BCUT2D eigenvalue weighted by molar-refractivity contribution is 5.25. The number of unbranched alkanes of at least 4 members (excludes halogenated alkanes) is 3. The lowest BCUT2D eigenvalue weighted by atomic mass is 10.1. The fraction of sp³-hybridized carbons (Fsp3) is 0.500. The van der Waals surface area contributed by atoms with Gasteiger partial charge in [-0.25, -0.2) is 0 Å². The van der Waals surface area contributed by atoms with E-state index in [1.165, 1.54) is 0 Å². The summed E-state index contributed by atoms with van der Waals surface area (Å²) >= 11 is 0. The third-order valence-electron chi connectivity index (χ3n) is 1.62. The summed E-state index contributed by atoms with van der Waals surface area (Å²) in [7, 11) is 0. The third-order valence-corrected chi connectivity index (χ3v) is 1.62. The number of nitrogens with zero attached hydrogens (tertiary/aromatic N) is 2. The topological polar surface area (TPSA) is 47.6 Å². The molecule has 0 bridgehead atoms. The highest BCUT2D eigenvalue weighted by Crippen LogP contribution is 2.03. The SMILES string of the molecule is C=C(C#CCCCC#N)CCCC#N. The van der Waals surface area contributed by atoms with Crippen molar-refractivity contribution in [1.82, 2.24) is 0 Å². The molecule has 0 aliphatic carbocycles. The fourth-order valence-electron chi connectivity index (χ4n) is 0.887. The standard InChI is InChI=1S/C12H14N2/c1-12(9-5-7-11-14)8-4-2-3-6-10-13/h1-3,5-7,9H2. The summed E-state index contributed by atoms with van der Waals surface area (Å²) in [6, 6.07) is 4.15. The van der Waals surface area contributed by atoms with Gasteiger partial charge in [-0.15, -0.1) is 0 Å². The molecule has 0 radical (unpaired) electrons. The molecule has 2 nitrogen and oxygen atoms in total. The van der Waals surface area contributed by atoms with Crippen molar-refractivity contribution in [2.24, 2.45) is 0 Å². The van der Waals surface area contributed by atoms with Crippen LogP contribution in [0.5, 0.6) is 0 Å². The molecule has 0 saturated heterocycles. The first-order valence-corrected chi connectivity index (χ1v) is 4.71. The Balaban J connectivity index is 3.51. The maximum absolute atomic E-state index is 8.31. The van der Waals surface area contributed by atoms with Gasteiger partial charge in [0, 0.05) is 19.3 Å².